The molecular formula is C22H20N4O7. The van der Waals surface area contributed by atoms with Gasteiger partial charge >= 0.3 is 5.97 Å². The molecule has 0 saturated carbocycles. The average Bonchev–Trinajstić information content (AvgIpc) is 3.08. The number of methoxy groups -OCH3 is 1. The zero-order valence-corrected chi connectivity index (χ0v) is 18.0. The molecule has 11 nitrogen and oxygen atoms in total. The largest absolute Gasteiger partial charge is 0.465 e. The maximum Gasteiger partial charge on any atom is 0.343 e. The normalized spacial score (nSPS) is 10.5. The molecule has 2 aromatic heterocycles. The number of rotatable bonds is 7. The van der Waals surface area contributed by atoms with Crippen molar-refractivity contribution in [3.63, 3.8) is 0 Å². The van der Waals surface area contributed by atoms with Gasteiger partial charge in [0.25, 0.3) is 17.2 Å². The van der Waals surface area contributed by atoms with Crippen LogP contribution in [0, 0.1) is 24.0 Å². The van der Waals surface area contributed by atoms with Crippen LogP contribution in [0.4, 0.5) is 5.69 Å². The number of aryl methyl sites for hydroxylation is 1. The number of carbonyl (C=O) groups excluding carboxylic acids is 3. The number of benzene rings is 1. The predicted molar refractivity (Wildman–Crippen MR) is 117 cm³/mol. The second kappa shape index (κ2) is 9.30. The summed E-state index contributed by atoms with van der Waals surface area (Å²) < 4.78 is 6.74. The van der Waals surface area contributed by atoms with E-state index >= 15 is 0 Å². The van der Waals surface area contributed by atoms with Gasteiger partial charge in [-0.25, -0.2) is 4.79 Å². The van der Waals surface area contributed by atoms with Crippen LogP contribution in [-0.4, -0.2) is 38.9 Å². The van der Waals surface area contributed by atoms with Crippen LogP contribution in [0.25, 0.3) is 0 Å². The summed E-state index contributed by atoms with van der Waals surface area (Å²) in [5, 5.41) is 11.2. The number of hydrogen-bond acceptors (Lipinski definition) is 7. The van der Waals surface area contributed by atoms with E-state index in [0.29, 0.717) is 17.0 Å². The van der Waals surface area contributed by atoms with Crippen molar-refractivity contribution in [2.75, 3.05) is 12.5 Å². The lowest BCUT2D eigenvalue weighted by Gasteiger charge is -2.12. The Morgan fingerprint density at radius 1 is 1.09 bits per heavy atom. The summed E-state index contributed by atoms with van der Waals surface area (Å²) in [5.74, 6) is -1.97. The molecule has 0 aliphatic carbocycles. The van der Waals surface area contributed by atoms with Gasteiger partial charge in [-0.3, -0.25) is 34.6 Å². The van der Waals surface area contributed by atoms with Crippen molar-refractivity contribution < 1.29 is 24.0 Å². The van der Waals surface area contributed by atoms with Gasteiger partial charge in [-0.15, -0.1) is 0 Å². The van der Waals surface area contributed by atoms with E-state index in [-0.39, 0.29) is 11.5 Å². The summed E-state index contributed by atoms with van der Waals surface area (Å²) in [6.45, 7) is 2.74. The number of ether oxygens (including phenoxy) is 1. The number of pyridine rings is 1. The Balaban J connectivity index is 1.93. The minimum absolute atomic E-state index is 0.207. The van der Waals surface area contributed by atoms with Crippen LogP contribution in [0.1, 0.15) is 42.5 Å². The Morgan fingerprint density at radius 3 is 2.36 bits per heavy atom. The molecule has 0 aliphatic rings. The van der Waals surface area contributed by atoms with Crippen molar-refractivity contribution in [2.24, 2.45) is 0 Å². The highest BCUT2D eigenvalue weighted by Gasteiger charge is 2.23. The van der Waals surface area contributed by atoms with Gasteiger partial charge in [0.1, 0.15) is 5.56 Å². The third kappa shape index (κ3) is 4.71. The molecule has 1 N–H and O–H groups in total. The predicted octanol–water partition coefficient (Wildman–Crippen LogP) is 2.23. The molecule has 1 aromatic carbocycles. The lowest BCUT2D eigenvalue weighted by Crippen LogP contribution is -2.30. The number of nitrogens with one attached hydrogen (secondary N) is 1. The molecule has 1 amide bonds. The molecule has 11 heteroatoms. The number of amides is 1. The number of nitro groups is 1. The summed E-state index contributed by atoms with van der Waals surface area (Å²) in [6, 6.07) is 10.8. The molecule has 0 fully saturated rings. The highest BCUT2D eigenvalue weighted by Crippen LogP contribution is 2.17. The molecule has 0 aliphatic heterocycles. The highest BCUT2D eigenvalue weighted by molar-refractivity contribution is 6.01. The first kappa shape index (κ1) is 23.1. The number of carbonyl (C=O) groups is 3. The van der Waals surface area contributed by atoms with Gasteiger partial charge < -0.3 is 9.30 Å². The van der Waals surface area contributed by atoms with Crippen molar-refractivity contribution >= 4 is 23.3 Å². The molecule has 0 unspecified atom stereocenters. The Kier molecular flexibility index (Phi) is 6.52. The Hall–Kier alpha value is -4.54. The minimum atomic E-state index is -1.05. The Bertz CT molecular complexity index is 1320. The molecule has 0 saturated heterocycles. The average molecular weight is 452 g/mol. The van der Waals surface area contributed by atoms with E-state index in [9.17, 15) is 29.3 Å². The van der Waals surface area contributed by atoms with Gasteiger partial charge in [0.15, 0.2) is 5.78 Å². The van der Waals surface area contributed by atoms with Crippen LogP contribution < -0.4 is 11.0 Å². The van der Waals surface area contributed by atoms with E-state index in [1.165, 1.54) is 10.7 Å². The fourth-order valence-corrected chi connectivity index (χ4v) is 3.31. The molecule has 0 radical (unpaired) electrons. The summed E-state index contributed by atoms with van der Waals surface area (Å²) in [6.07, 6.45) is 0.892. The van der Waals surface area contributed by atoms with Gasteiger partial charge in [0.2, 0.25) is 0 Å². The Labute approximate surface area is 187 Å². The third-order valence-electron chi connectivity index (χ3n) is 4.98. The minimum Gasteiger partial charge on any atom is -0.465 e. The fourth-order valence-electron chi connectivity index (χ4n) is 3.31. The van der Waals surface area contributed by atoms with Crippen LogP contribution in [0.3, 0.4) is 0 Å². The van der Waals surface area contributed by atoms with Crippen molar-refractivity contribution in [3.05, 3.63) is 97.2 Å². The summed E-state index contributed by atoms with van der Waals surface area (Å²) in [4.78, 5) is 60.3. The van der Waals surface area contributed by atoms with Crippen molar-refractivity contribution in [3.8, 4) is 0 Å². The second-order valence-corrected chi connectivity index (χ2v) is 7.14. The van der Waals surface area contributed by atoms with Crippen LogP contribution >= 0.6 is 0 Å². The number of hydrogen-bond donors (Lipinski definition) is 1. The van der Waals surface area contributed by atoms with Gasteiger partial charge in [-0.1, -0.05) is 18.2 Å². The van der Waals surface area contributed by atoms with Gasteiger partial charge in [-0.05, 0) is 32.0 Å². The third-order valence-corrected chi connectivity index (χ3v) is 4.98. The van der Waals surface area contributed by atoms with E-state index < -0.39 is 40.0 Å². The summed E-state index contributed by atoms with van der Waals surface area (Å²) >= 11 is 0. The molecule has 0 spiro atoms. The van der Waals surface area contributed by atoms with Crippen LogP contribution in [0.2, 0.25) is 0 Å². The Morgan fingerprint density at radius 2 is 1.76 bits per heavy atom. The van der Waals surface area contributed by atoms with E-state index in [2.05, 4.69) is 10.2 Å². The molecule has 3 rings (SSSR count). The van der Waals surface area contributed by atoms with Crippen molar-refractivity contribution in [1.29, 1.82) is 0 Å². The molecule has 170 valence electrons. The lowest BCUT2D eigenvalue weighted by molar-refractivity contribution is -0.385. The zero-order valence-electron chi connectivity index (χ0n) is 18.0. The van der Waals surface area contributed by atoms with E-state index in [1.54, 1.807) is 44.2 Å². The summed E-state index contributed by atoms with van der Waals surface area (Å²) in [5.41, 5.74) is 2.32. The number of Topliss-reactive ketones (excluding diaryl/α,β-unsaturated/α-hetero) is 1. The van der Waals surface area contributed by atoms with Gasteiger partial charge in [0.05, 0.1) is 24.8 Å². The second-order valence-electron chi connectivity index (χ2n) is 7.14. The first-order chi connectivity index (χ1) is 15.6. The van der Waals surface area contributed by atoms with Crippen molar-refractivity contribution in [1.82, 2.24) is 9.24 Å². The maximum atomic E-state index is 13.0. The number of ketones is 1. The van der Waals surface area contributed by atoms with Crippen LogP contribution in [0.5, 0.6) is 0 Å². The van der Waals surface area contributed by atoms with E-state index in [4.69, 9.17) is 0 Å². The number of esters is 1. The van der Waals surface area contributed by atoms with Gasteiger partial charge in [0, 0.05) is 28.6 Å². The zero-order chi connectivity index (χ0) is 24.3. The molecule has 33 heavy (non-hydrogen) atoms. The van der Waals surface area contributed by atoms with Crippen LogP contribution in [0.15, 0.2) is 53.5 Å². The topological polar surface area (TPSA) is 143 Å². The quantitative estimate of drug-likeness (QED) is 0.251. The molecule has 3 aromatic rings. The van der Waals surface area contributed by atoms with Crippen LogP contribution in [-0.2, 0) is 11.3 Å². The monoisotopic (exact) mass is 452 g/mol. The maximum absolute atomic E-state index is 13.0. The molecule has 2 heterocycles. The first-order valence-electron chi connectivity index (χ1n) is 9.69. The first-order valence-corrected chi connectivity index (χ1v) is 9.69. The SMILES string of the molecule is COC(=O)c1cc([N+](=O)[O-])cn(CC(=O)c2cc(C)n(NC(=O)c3ccccc3)c2C)c1=O. The number of aromatic nitrogens is 2. The summed E-state index contributed by atoms with van der Waals surface area (Å²) in [7, 11) is 1.04. The number of nitrogens with zero attached hydrogens (tertiary/aromatic N) is 3. The molecule has 0 atom stereocenters. The standard InChI is InChI=1S/C22H20N4O7/c1-13-9-17(14(2)25(13)23-20(28)15-7-5-4-6-8-15)19(27)12-24-11-16(26(31)32)10-18(21(24)29)22(30)33-3/h4-11H,12H2,1-3H3,(H,23,28). The molecular weight excluding hydrogens is 432 g/mol. The van der Waals surface area contributed by atoms with E-state index in [0.717, 1.165) is 23.9 Å². The van der Waals surface area contributed by atoms with E-state index in [1.807, 2.05) is 0 Å². The fraction of sp³-hybridized carbons (Fsp3) is 0.182. The smallest absolute Gasteiger partial charge is 0.343 e. The van der Waals surface area contributed by atoms with Gasteiger partial charge in [-0.2, -0.15) is 0 Å². The lowest BCUT2D eigenvalue weighted by atomic mass is 10.1. The molecule has 0 bridgehead atoms. The highest BCUT2D eigenvalue weighted by atomic mass is 16.6. The van der Waals surface area contributed by atoms with Crippen molar-refractivity contribution in [2.45, 2.75) is 20.4 Å².